The van der Waals surface area contributed by atoms with Crippen molar-refractivity contribution in [2.24, 2.45) is 5.73 Å². The van der Waals surface area contributed by atoms with Gasteiger partial charge in [-0.15, -0.1) is 0 Å². The van der Waals surface area contributed by atoms with Gasteiger partial charge in [0.15, 0.2) is 5.75 Å². The highest BCUT2D eigenvalue weighted by Gasteiger charge is 2.18. The van der Waals surface area contributed by atoms with Crippen molar-refractivity contribution < 1.29 is 17.9 Å². The smallest absolute Gasteiger partial charge is 0.323 e. The number of nitrogens with two attached hydrogens (primary N) is 1. The summed E-state index contributed by atoms with van der Waals surface area (Å²) in [4.78, 5) is 11.3. The van der Waals surface area contributed by atoms with Gasteiger partial charge in [-0.25, -0.2) is 8.42 Å². The fourth-order valence-corrected chi connectivity index (χ4v) is 2.55. The average molecular weight is 310 g/mol. The number of aryl methyl sites for hydroxylation is 1. The van der Waals surface area contributed by atoms with Crippen molar-refractivity contribution in [1.82, 2.24) is 0 Å². The van der Waals surface area contributed by atoms with E-state index in [4.69, 9.17) is 5.73 Å². The van der Waals surface area contributed by atoms with Crippen molar-refractivity contribution in [2.45, 2.75) is 13.8 Å². The summed E-state index contributed by atoms with van der Waals surface area (Å²) in [5.41, 5.74) is 7.03. The number of carbonyl (C=O) groups excluding carboxylic acids is 1. The lowest BCUT2D eigenvalue weighted by Crippen LogP contribution is -2.24. The second-order valence-electron chi connectivity index (χ2n) is 4.20. The van der Waals surface area contributed by atoms with Crippen molar-refractivity contribution in [3.05, 3.63) is 29.3 Å². The lowest BCUT2D eigenvalue weighted by atomic mass is 10.1. The van der Waals surface area contributed by atoms with Gasteiger partial charge >= 0.3 is 5.97 Å². The topological polar surface area (TPSA) is 98.5 Å². The maximum absolute atomic E-state index is 11.9. The van der Waals surface area contributed by atoms with Crippen molar-refractivity contribution in [2.75, 3.05) is 23.6 Å². The maximum atomic E-state index is 11.9. The molecule has 6 nitrogen and oxygen atoms in total. The van der Waals surface area contributed by atoms with E-state index in [1.807, 2.05) is 0 Å². The van der Waals surface area contributed by atoms with Gasteiger partial charge in [0.05, 0.1) is 18.8 Å². The summed E-state index contributed by atoms with van der Waals surface area (Å²) in [5.74, 6) is 3.99. The first-order chi connectivity index (χ1) is 9.88. The molecule has 1 aromatic carbocycles. The molecule has 1 aromatic rings. The number of benzene rings is 1. The SMILES string of the molecule is CCOC(=O)CS(=O)(=O)Nc1cc(C#CCN)ccc1C. The Balaban J connectivity index is 2.93. The Morgan fingerprint density at radius 3 is 2.76 bits per heavy atom. The molecule has 0 radical (unpaired) electrons. The van der Waals surface area contributed by atoms with E-state index in [0.717, 1.165) is 5.56 Å². The van der Waals surface area contributed by atoms with E-state index in [1.54, 1.807) is 32.0 Å². The molecule has 3 N–H and O–H groups in total. The fraction of sp³-hybridized carbons (Fsp3) is 0.357. The molecule has 0 saturated carbocycles. The first kappa shape index (κ1) is 17.0. The fourth-order valence-electron chi connectivity index (χ4n) is 1.52. The number of hydrogen-bond donors (Lipinski definition) is 2. The van der Waals surface area contributed by atoms with Gasteiger partial charge in [0.2, 0.25) is 10.0 Å². The van der Waals surface area contributed by atoms with Crippen LogP contribution >= 0.6 is 0 Å². The van der Waals surface area contributed by atoms with Gasteiger partial charge in [-0.05, 0) is 31.5 Å². The van der Waals surface area contributed by atoms with Gasteiger partial charge < -0.3 is 10.5 Å². The Bertz CT molecular complexity index is 672. The summed E-state index contributed by atoms with van der Waals surface area (Å²) in [6, 6.07) is 5.10. The molecular formula is C14H18N2O4S. The van der Waals surface area contributed by atoms with Gasteiger partial charge in [0.25, 0.3) is 0 Å². The molecule has 0 unspecified atom stereocenters. The molecule has 0 aliphatic rings. The Morgan fingerprint density at radius 1 is 1.43 bits per heavy atom. The van der Waals surface area contributed by atoms with Gasteiger partial charge in [-0.2, -0.15) is 0 Å². The Hall–Kier alpha value is -2.04. The van der Waals surface area contributed by atoms with E-state index in [2.05, 4.69) is 21.3 Å². The molecule has 0 bridgehead atoms. The molecule has 0 spiro atoms. The van der Waals surface area contributed by atoms with Crippen molar-refractivity contribution in [1.29, 1.82) is 0 Å². The zero-order valence-electron chi connectivity index (χ0n) is 12.0. The summed E-state index contributed by atoms with van der Waals surface area (Å²) < 4.78 is 30.8. The number of esters is 1. The van der Waals surface area contributed by atoms with Crippen LogP contribution in [0, 0.1) is 18.8 Å². The zero-order chi connectivity index (χ0) is 15.9. The third-order valence-electron chi connectivity index (χ3n) is 2.45. The Labute approximate surface area is 124 Å². The van der Waals surface area contributed by atoms with Gasteiger partial charge in [-0.1, -0.05) is 17.9 Å². The largest absolute Gasteiger partial charge is 0.465 e. The van der Waals surface area contributed by atoms with Crippen LogP contribution in [0.15, 0.2) is 18.2 Å². The van der Waals surface area contributed by atoms with Crippen LogP contribution in [-0.4, -0.2) is 33.3 Å². The summed E-state index contributed by atoms with van der Waals surface area (Å²) in [6.45, 7) is 3.72. The zero-order valence-corrected chi connectivity index (χ0v) is 12.8. The number of hydrogen-bond acceptors (Lipinski definition) is 5. The molecule has 0 saturated heterocycles. The highest BCUT2D eigenvalue weighted by atomic mass is 32.2. The summed E-state index contributed by atoms with van der Waals surface area (Å²) in [7, 11) is -3.81. The van der Waals surface area contributed by atoms with E-state index in [-0.39, 0.29) is 13.2 Å². The van der Waals surface area contributed by atoms with E-state index in [0.29, 0.717) is 11.3 Å². The minimum atomic E-state index is -3.81. The summed E-state index contributed by atoms with van der Waals surface area (Å²) >= 11 is 0. The maximum Gasteiger partial charge on any atom is 0.323 e. The van der Waals surface area contributed by atoms with Crippen molar-refractivity contribution in [3.8, 4) is 11.8 Å². The monoisotopic (exact) mass is 310 g/mol. The molecule has 0 atom stereocenters. The number of nitrogens with one attached hydrogen (secondary N) is 1. The normalized spacial score (nSPS) is 10.4. The van der Waals surface area contributed by atoms with Crippen LogP contribution in [-0.2, 0) is 19.6 Å². The first-order valence-electron chi connectivity index (χ1n) is 6.33. The molecule has 1 rings (SSSR count). The molecular weight excluding hydrogens is 292 g/mol. The number of carbonyl (C=O) groups is 1. The van der Waals surface area contributed by atoms with E-state index >= 15 is 0 Å². The van der Waals surface area contributed by atoms with Crippen LogP contribution in [0.3, 0.4) is 0 Å². The predicted octanol–water partition coefficient (Wildman–Crippen LogP) is 0.610. The van der Waals surface area contributed by atoms with Crippen LogP contribution in [0.5, 0.6) is 0 Å². The average Bonchev–Trinajstić information content (AvgIpc) is 2.39. The van der Waals surface area contributed by atoms with Gasteiger partial charge in [0.1, 0.15) is 0 Å². The van der Waals surface area contributed by atoms with Gasteiger partial charge in [-0.3, -0.25) is 9.52 Å². The molecule has 7 heteroatoms. The standard InChI is InChI=1S/C14H18N2O4S/c1-3-20-14(17)10-21(18,19)16-13-9-12(5-4-8-15)7-6-11(13)2/h6-7,9,16H,3,8,10,15H2,1-2H3. The van der Waals surface area contributed by atoms with Crippen LogP contribution in [0.1, 0.15) is 18.1 Å². The third-order valence-corrected chi connectivity index (χ3v) is 3.60. The molecule has 21 heavy (non-hydrogen) atoms. The first-order valence-corrected chi connectivity index (χ1v) is 7.99. The molecule has 114 valence electrons. The minimum absolute atomic E-state index is 0.136. The number of rotatable bonds is 5. The van der Waals surface area contributed by atoms with E-state index < -0.39 is 21.7 Å². The van der Waals surface area contributed by atoms with Crippen molar-refractivity contribution in [3.63, 3.8) is 0 Å². The van der Waals surface area contributed by atoms with E-state index in [9.17, 15) is 13.2 Å². The van der Waals surface area contributed by atoms with Crippen molar-refractivity contribution >= 4 is 21.7 Å². The number of anilines is 1. The Morgan fingerprint density at radius 2 is 2.14 bits per heavy atom. The van der Waals surface area contributed by atoms with Crippen LogP contribution < -0.4 is 10.5 Å². The predicted molar refractivity (Wildman–Crippen MR) is 81.2 cm³/mol. The number of sulfonamides is 1. The van der Waals surface area contributed by atoms with Crippen LogP contribution in [0.2, 0.25) is 0 Å². The van der Waals surface area contributed by atoms with Gasteiger partial charge in [0, 0.05) is 5.56 Å². The van der Waals surface area contributed by atoms with Crippen LogP contribution in [0.25, 0.3) is 0 Å². The lowest BCUT2D eigenvalue weighted by Gasteiger charge is -2.10. The lowest BCUT2D eigenvalue weighted by molar-refractivity contribution is -0.139. The molecule has 0 amide bonds. The second-order valence-corrected chi connectivity index (χ2v) is 5.92. The quantitative estimate of drug-likeness (QED) is 0.613. The number of ether oxygens (including phenoxy) is 1. The van der Waals surface area contributed by atoms with E-state index in [1.165, 1.54) is 0 Å². The molecule has 0 aliphatic carbocycles. The highest BCUT2D eigenvalue weighted by Crippen LogP contribution is 2.18. The second kappa shape index (κ2) is 7.67. The molecule has 0 aromatic heterocycles. The minimum Gasteiger partial charge on any atom is -0.465 e. The molecule has 0 fully saturated rings. The molecule has 0 aliphatic heterocycles. The third kappa shape index (κ3) is 5.85. The molecule has 0 heterocycles. The Kier molecular flexibility index (Phi) is 6.21. The summed E-state index contributed by atoms with van der Waals surface area (Å²) in [5, 5.41) is 0. The van der Waals surface area contributed by atoms with Crippen LogP contribution in [0.4, 0.5) is 5.69 Å². The highest BCUT2D eigenvalue weighted by molar-refractivity contribution is 7.93. The summed E-state index contributed by atoms with van der Waals surface area (Å²) in [6.07, 6.45) is 0.